The third-order valence-electron chi connectivity index (χ3n) is 2.05. The second-order valence-corrected chi connectivity index (χ2v) is 5.79. The quantitative estimate of drug-likeness (QED) is 0.422. The average Bonchev–Trinajstić information content (AvgIpc) is 2.16. The van der Waals surface area contributed by atoms with Crippen molar-refractivity contribution in [2.75, 3.05) is 6.54 Å². The molecule has 17 heavy (non-hydrogen) atoms. The number of hydrogen-bond acceptors (Lipinski definition) is 3. The lowest BCUT2D eigenvalue weighted by molar-refractivity contribution is 0.407. The molecule has 0 aromatic heterocycles. The number of hydrogen-bond donors (Lipinski definition) is 2. The fourth-order valence-corrected chi connectivity index (χ4v) is 2.32. The summed E-state index contributed by atoms with van der Waals surface area (Å²) in [5.41, 5.74) is 0. The Kier molecular flexibility index (Phi) is 12.0. The first-order valence-electron chi connectivity index (χ1n) is 6.07. The number of rotatable bonds is 7. The van der Waals surface area contributed by atoms with E-state index in [1.54, 1.807) is 19.9 Å². The molecule has 1 atom stereocenters. The van der Waals surface area contributed by atoms with Crippen molar-refractivity contribution in [1.29, 1.82) is 0 Å². The van der Waals surface area contributed by atoms with E-state index in [0.717, 1.165) is 19.3 Å². The maximum Gasteiger partial charge on any atom is 0.281 e. The average molecular weight is 265 g/mol. The van der Waals surface area contributed by atoms with Crippen LogP contribution in [0.15, 0.2) is 12.7 Å². The van der Waals surface area contributed by atoms with Crippen LogP contribution in [0.4, 0.5) is 0 Å². The van der Waals surface area contributed by atoms with E-state index in [0.29, 0.717) is 6.54 Å². The lowest BCUT2D eigenvalue weighted by atomic mass is 10.2. The smallest absolute Gasteiger partial charge is 0.281 e. The second kappa shape index (κ2) is 10.7. The molecule has 0 heterocycles. The lowest BCUT2D eigenvalue weighted by Crippen LogP contribution is -2.41. The van der Waals surface area contributed by atoms with Gasteiger partial charge in [-0.25, -0.2) is 0 Å². The molecule has 0 radical (unpaired) electrons. The largest absolute Gasteiger partial charge is 0.299 e. The molecule has 1 unspecified atom stereocenters. The van der Waals surface area contributed by atoms with Crippen LogP contribution in [-0.4, -0.2) is 24.9 Å². The van der Waals surface area contributed by atoms with Gasteiger partial charge < -0.3 is 0 Å². The van der Waals surface area contributed by atoms with Gasteiger partial charge in [0, 0.05) is 0 Å². The maximum absolute atomic E-state index is 10.9. The molecule has 4 nitrogen and oxygen atoms in total. The summed E-state index contributed by atoms with van der Waals surface area (Å²) in [7, 11) is -3.96. The third kappa shape index (κ3) is 11.9. The van der Waals surface area contributed by atoms with Gasteiger partial charge in [0.05, 0.1) is 0 Å². The predicted octanol–water partition coefficient (Wildman–Crippen LogP) is 2.83. The van der Waals surface area contributed by atoms with Crippen LogP contribution in [0, 0.1) is 5.92 Å². The summed E-state index contributed by atoms with van der Waals surface area (Å²) in [6.07, 6.45) is 4.86. The first kappa shape index (κ1) is 19.0. The van der Waals surface area contributed by atoms with Crippen LogP contribution in [0.25, 0.3) is 0 Å². The Morgan fingerprint density at radius 1 is 1.35 bits per heavy atom. The minimum Gasteiger partial charge on any atom is -0.299 e. The molecular formula is C12H27NO3S. The topological polar surface area (TPSA) is 66.4 Å². The minimum absolute atomic E-state index is 0.119. The van der Waals surface area contributed by atoms with E-state index in [1.165, 1.54) is 0 Å². The third-order valence-corrected chi connectivity index (χ3v) is 3.41. The Morgan fingerprint density at radius 2 is 1.82 bits per heavy atom. The first-order chi connectivity index (χ1) is 7.81. The zero-order chi connectivity index (χ0) is 13.9. The summed E-state index contributed by atoms with van der Waals surface area (Å²) in [6, 6.07) is 0. The Morgan fingerprint density at radius 3 is 2.12 bits per heavy atom. The normalized spacial score (nSPS) is 12.8. The molecule has 0 rings (SSSR count). The van der Waals surface area contributed by atoms with E-state index in [2.05, 4.69) is 18.8 Å². The van der Waals surface area contributed by atoms with Crippen LogP contribution in [-0.2, 0) is 10.1 Å². The molecule has 0 fully saturated rings. The van der Waals surface area contributed by atoms with Crippen LogP contribution in [0.1, 0.15) is 47.0 Å². The van der Waals surface area contributed by atoms with Gasteiger partial charge in [0.15, 0.2) is 0 Å². The Hall–Kier alpha value is -0.390. The molecule has 0 aromatic carbocycles. The van der Waals surface area contributed by atoms with Crippen molar-refractivity contribution in [3.63, 3.8) is 0 Å². The van der Waals surface area contributed by atoms with Gasteiger partial charge in [-0.15, -0.1) is 6.58 Å². The number of nitrogens with one attached hydrogen (secondary N) is 1. The molecule has 0 aromatic rings. The number of allylic oxidation sites excluding steroid dienone is 1. The van der Waals surface area contributed by atoms with Crippen molar-refractivity contribution in [3.05, 3.63) is 12.7 Å². The van der Waals surface area contributed by atoms with E-state index in [9.17, 15) is 8.42 Å². The first-order valence-corrected chi connectivity index (χ1v) is 7.58. The van der Waals surface area contributed by atoms with Crippen molar-refractivity contribution >= 4 is 10.1 Å². The summed E-state index contributed by atoms with van der Waals surface area (Å²) >= 11 is 0. The van der Waals surface area contributed by atoms with Gasteiger partial charge in [-0.1, -0.05) is 39.7 Å². The lowest BCUT2D eigenvalue weighted by Gasteiger charge is -2.18. The van der Waals surface area contributed by atoms with Crippen LogP contribution >= 0.6 is 0 Å². The fraction of sp³-hybridized carbons (Fsp3) is 0.833. The van der Waals surface area contributed by atoms with E-state index in [4.69, 9.17) is 4.55 Å². The molecular weight excluding hydrogens is 238 g/mol. The Labute approximate surface area is 106 Å². The summed E-state index contributed by atoms with van der Waals surface area (Å²) in [4.78, 5) is 0. The molecule has 0 aliphatic heterocycles. The van der Waals surface area contributed by atoms with Gasteiger partial charge in [0.25, 0.3) is 10.1 Å². The van der Waals surface area contributed by atoms with Gasteiger partial charge in [-0.3, -0.25) is 9.87 Å². The zero-order valence-corrected chi connectivity index (χ0v) is 12.3. The molecule has 0 amide bonds. The molecule has 104 valence electrons. The van der Waals surface area contributed by atoms with Crippen LogP contribution < -0.4 is 5.32 Å². The molecule has 0 bridgehead atoms. The molecule has 0 aliphatic carbocycles. The van der Waals surface area contributed by atoms with Crippen molar-refractivity contribution < 1.29 is 13.0 Å². The standard InChI is InChI=1S/C9H21NO3S.C3H6/c1-4-5-6-7-10-9(8(2)3)14(11,12)13;1-3-2/h8-10H,4-7H2,1-3H3,(H,11,12,13);3H,1H2,2H3. The number of unbranched alkanes of at least 4 members (excludes halogenated alkanes) is 2. The zero-order valence-electron chi connectivity index (χ0n) is 11.4. The molecule has 0 saturated carbocycles. The summed E-state index contributed by atoms with van der Waals surface area (Å²) in [6.45, 7) is 11.5. The van der Waals surface area contributed by atoms with Gasteiger partial charge in [-0.2, -0.15) is 8.42 Å². The fourth-order valence-electron chi connectivity index (χ4n) is 1.30. The van der Waals surface area contributed by atoms with E-state index < -0.39 is 15.5 Å². The second-order valence-electron chi connectivity index (χ2n) is 4.25. The predicted molar refractivity (Wildman–Crippen MR) is 73.6 cm³/mol. The van der Waals surface area contributed by atoms with Gasteiger partial charge in [0.1, 0.15) is 5.37 Å². The summed E-state index contributed by atoms with van der Waals surface area (Å²) in [5, 5.41) is 2.02. The SMILES string of the molecule is C=CC.CCCCCNC(C(C)C)S(=O)(=O)O. The molecule has 0 saturated heterocycles. The van der Waals surface area contributed by atoms with Crippen LogP contribution in [0.5, 0.6) is 0 Å². The van der Waals surface area contributed by atoms with Crippen molar-refractivity contribution in [2.45, 2.75) is 52.3 Å². The molecule has 0 spiro atoms. The highest BCUT2D eigenvalue weighted by Gasteiger charge is 2.25. The molecule has 5 heteroatoms. The van der Waals surface area contributed by atoms with E-state index in [-0.39, 0.29) is 5.92 Å². The van der Waals surface area contributed by atoms with E-state index in [1.807, 2.05) is 6.92 Å². The Bertz CT molecular complexity index is 273. The van der Waals surface area contributed by atoms with Crippen molar-refractivity contribution in [1.82, 2.24) is 5.32 Å². The van der Waals surface area contributed by atoms with Gasteiger partial charge in [0.2, 0.25) is 0 Å². The summed E-state index contributed by atoms with van der Waals surface area (Å²) in [5.74, 6) is -0.119. The summed E-state index contributed by atoms with van der Waals surface area (Å²) < 4.78 is 30.8. The van der Waals surface area contributed by atoms with E-state index >= 15 is 0 Å². The van der Waals surface area contributed by atoms with Gasteiger partial charge >= 0.3 is 0 Å². The highest BCUT2D eigenvalue weighted by molar-refractivity contribution is 7.86. The van der Waals surface area contributed by atoms with Crippen molar-refractivity contribution in [2.24, 2.45) is 5.92 Å². The Balaban J connectivity index is 0. The highest BCUT2D eigenvalue weighted by Crippen LogP contribution is 2.08. The molecule has 0 aliphatic rings. The van der Waals surface area contributed by atoms with Gasteiger partial charge in [-0.05, 0) is 25.8 Å². The van der Waals surface area contributed by atoms with Crippen molar-refractivity contribution in [3.8, 4) is 0 Å². The monoisotopic (exact) mass is 265 g/mol. The van der Waals surface area contributed by atoms with Crippen LogP contribution in [0.3, 0.4) is 0 Å². The highest BCUT2D eigenvalue weighted by atomic mass is 32.2. The minimum atomic E-state index is -3.96. The maximum atomic E-state index is 10.9. The van der Waals surface area contributed by atoms with Crippen LogP contribution in [0.2, 0.25) is 0 Å². The molecule has 2 N–H and O–H groups in total.